The summed E-state index contributed by atoms with van der Waals surface area (Å²) in [6.07, 6.45) is 1.64. The van der Waals surface area contributed by atoms with Gasteiger partial charge in [-0.1, -0.05) is 0 Å². The standard InChI is InChI=1S/C7H10N4S.C2H4O2/c1-5-2-3-12-6(5)4-10-11-7(8)9;1-2(3)4/h2-4H,1H3,(H4,8,9,11);1H3,(H,3,4)/b10-4+;. The first-order valence-corrected chi connectivity index (χ1v) is 5.17. The molecule has 0 bridgehead atoms. The minimum atomic E-state index is -0.833. The molecule has 0 amide bonds. The van der Waals surface area contributed by atoms with E-state index in [0.717, 1.165) is 11.8 Å². The Morgan fingerprint density at radius 2 is 2.12 bits per heavy atom. The summed E-state index contributed by atoms with van der Waals surface area (Å²) in [5.41, 5.74) is 11.4. The van der Waals surface area contributed by atoms with Gasteiger partial charge < -0.3 is 16.6 Å². The van der Waals surface area contributed by atoms with Gasteiger partial charge >= 0.3 is 0 Å². The topological polar surface area (TPSA) is 114 Å². The van der Waals surface area contributed by atoms with E-state index < -0.39 is 5.97 Å². The van der Waals surface area contributed by atoms with E-state index in [1.165, 1.54) is 5.56 Å². The number of nitrogens with zero attached hydrogens (tertiary/aromatic N) is 2. The van der Waals surface area contributed by atoms with E-state index >= 15 is 0 Å². The predicted octanol–water partition coefficient (Wildman–Crippen LogP) is 0.755. The van der Waals surface area contributed by atoms with Gasteiger partial charge in [0.1, 0.15) is 0 Å². The Balaban J connectivity index is 0.000000487. The molecule has 0 spiro atoms. The third-order valence-corrected chi connectivity index (χ3v) is 2.20. The van der Waals surface area contributed by atoms with Crippen LogP contribution in [-0.2, 0) is 4.79 Å². The number of rotatable bonds is 2. The molecule has 1 aromatic heterocycles. The van der Waals surface area contributed by atoms with Crippen LogP contribution in [0.2, 0.25) is 0 Å². The summed E-state index contributed by atoms with van der Waals surface area (Å²) in [6, 6.07) is 2.02. The first-order chi connectivity index (χ1) is 7.43. The molecular weight excluding hydrogens is 228 g/mol. The number of aryl methyl sites for hydroxylation is 1. The first-order valence-electron chi connectivity index (χ1n) is 4.29. The number of carbonyl (C=O) groups is 1. The highest BCUT2D eigenvalue weighted by Crippen LogP contribution is 2.12. The summed E-state index contributed by atoms with van der Waals surface area (Å²) in [5, 5.41) is 16.6. The van der Waals surface area contributed by atoms with E-state index in [0.29, 0.717) is 0 Å². The minimum Gasteiger partial charge on any atom is -0.481 e. The number of guanidine groups is 1. The second-order valence-corrected chi connectivity index (χ2v) is 3.70. The number of nitrogens with two attached hydrogens (primary N) is 2. The lowest BCUT2D eigenvalue weighted by Crippen LogP contribution is -2.21. The summed E-state index contributed by atoms with van der Waals surface area (Å²) in [6.45, 7) is 3.09. The lowest BCUT2D eigenvalue weighted by Gasteiger charge is -1.86. The molecule has 0 aliphatic heterocycles. The van der Waals surface area contributed by atoms with Crippen LogP contribution in [0.5, 0.6) is 0 Å². The molecule has 0 saturated carbocycles. The predicted molar refractivity (Wildman–Crippen MR) is 65.8 cm³/mol. The van der Waals surface area contributed by atoms with Crippen LogP contribution in [0.15, 0.2) is 21.6 Å². The van der Waals surface area contributed by atoms with Crippen LogP contribution in [0.3, 0.4) is 0 Å². The van der Waals surface area contributed by atoms with Crippen LogP contribution in [0.25, 0.3) is 0 Å². The fourth-order valence-electron chi connectivity index (χ4n) is 0.665. The lowest BCUT2D eigenvalue weighted by atomic mass is 10.3. The van der Waals surface area contributed by atoms with E-state index in [2.05, 4.69) is 10.2 Å². The highest BCUT2D eigenvalue weighted by molar-refractivity contribution is 7.11. The highest BCUT2D eigenvalue weighted by atomic mass is 32.1. The largest absolute Gasteiger partial charge is 0.481 e. The molecule has 88 valence electrons. The van der Waals surface area contributed by atoms with E-state index in [-0.39, 0.29) is 5.96 Å². The molecule has 0 fully saturated rings. The van der Waals surface area contributed by atoms with Crippen LogP contribution in [-0.4, -0.2) is 23.2 Å². The summed E-state index contributed by atoms with van der Waals surface area (Å²) in [5.74, 6) is -0.861. The van der Waals surface area contributed by atoms with E-state index in [9.17, 15) is 0 Å². The summed E-state index contributed by atoms with van der Waals surface area (Å²) in [4.78, 5) is 10.1. The van der Waals surface area contributed by atoms with Gasteiger partial charge in [-0.05, 0) is 23.9 Å². The maximum absolute atomic E-state index is 9.00. The van der Waals surface area contributed by atoms with Crippen molar-refractivity contribution >= 4 is 29.5 Å². The van der Waals surface area contributed by atoms with Crippen molar-refractivity contribution in [2.24, 2.45) is 21.7 Å². The summed E-state index contributed by atoms with van der Waals surface area (Å²) in [7, 11) is 0. The zero-order chi connectivity index (χ0) is 12.6. The number of thiophene rings is 1. The van der Waals surface area contributed by atoms with Crippen molar-refractivity contribution < 1.29 is 9.90 Å². The van der Waals surface area contributed by atoms with Gasteiger partial charge in [0, 0.05) is 6.92 Å². The quantitative estimate of drug-likeness (QED) is 0.403. The second-order valence-electron chi connectivity index (χ2n) is 2.76. The SMILES string of the molecule is CC(=O)O.Cc1ccsc1/C=N/N=C(N)N. The van der Waals surface area contributed by atoms with Crippen molar-refractivity contribution in [1.82, 2.24) is 0 Å². The molecule has 0 radical (unpaired) electrons. The molecule has 1 heterocycles. The van der Waals surface area contributed by atoms with Crippen molar-refractivity contribution in [3.05, 3.63) is 21.9 Å². The third kappa shape index (κ3) is 7.51. The van der Waals surface area contributed by atoms with Crippen molar-refractivity contribution in [3.63, 3.8) is 0 Å². The van der Waals surface area contributed by atoms with Gasteiger partial charge in [-0.15, -0.1) is 16.4 Å². The monoisotopic (exact) mass is 242 g/mol. The molecule has 0 unspecified atom stereocenters. The van der Waals surface area contributed by atoms with Crippen LogP contribution in [0.4, 0.5) is 0 Å². The second kappa shape index (κ2) is 7.41. The molecule has 0 saturated heterocycles. The van der Waals surface area contributed by atoms with Crippen molar-refractivity contribution in [1.29, 1.82) is 0 Å². The molecule has 0 aromatic carbocycles. The van der Waals surface area contributed by atoms with Crippen LogP contribution >= 0.6 is 11.3 Å². The molecule has 0 aliphatic rings. The van der Waals surface area contributed by atoms with Crippen molar-refractivity contribution in [2.75, 3.05) is 0 Å². The first kappa shape index (κ1) is 14.1. The molecule has 0 atom stereocenters. The van der Waals surface area contributed by atoms with Gasteiger partial charge in [0.05, 0.1) is 11.1 Å². The van der Waals surface area contributed by atoms with Crippen molar-refractivity contribution in [2.45, 2.75) is 13.8 Å². The smallest absolute Gasteiger partial charge is 0.300 e. The van der Waals surface area contributed by atoms with Gasteiger partial charge in [-0.25, -0.2) is 0 Å². The van der Waals surface area contributed by atoms with Crippen LogP contribution < -0.4 is 11.5 Å². The molecule has 5 N–H and O–H groups in total. The van der Waals surface area contributed by atoms with Gasteiger partial charge in [0.2, 0.25) is 5.96 Å². The normalized spacial score (nSPS) is 9.38. The number of hydrogen-bond acceptors (Lipinski definition) is 4. The van der Waals surface area contributed by atoms with E-state index in [1.54, 1.807) is 17.6 Å². The number of hydrogen-bond donors (Lipinski definition) is 3. The molecule has 6 nitrogen and oxygen atoms in total. The minimum absolute atomic E-state index is 0.0274. The average Bonchev–Trinajstić information content (AvgIpc) is 2.50. The fourth-order valence-corrected chi connectivity index (χ4v) is 1.45. The number of carboxylic acid groups (broad SMARTS) is 1. The Bertz CT molecular complexity index is 390. The Kier molecular flexibility index (Phi) is 6.53. The van der Waals surface area contributed by atoms with Gasteiger partial charge in [-0.3, -0.25) is 4.79 Å². The van der Waals surface area contributed by atoms with E-state index in [1.807, 2.05) is 18.4 Å². The van der Waals surface area contributed by atoms with Crippen LogP contribution in [0, 0.1) is 6.92 Å². The highest BCUT2D eigenvalue weighted by Gasteiger charge is 1.93. The summed E-state index contributed by atoms with van der Waals surface area (Å²) >= 11 is 1.60. The molecule has 0 aliphatic carbocycles. The molecular formula is C9H14N4O2S. The number of carboxylic acids is 1. The molecule has 16 heavy (non-hydrogen) atoms. The number of aliphatic carboxylic acids is 1. The maximum Gasteiger partial charge on any atom is 0.300 e. The molecule has 1 aromatic rings. The lowest BCUT2D eigenvalue weighted by molar-refractivity contribution is -0.134. The van der Waals surface area contributed by atoms with Gasteiger partial charge in [-0.2, -0.15) is 5.10 Å². The van der Waals surface area contributed by atoms with Gasteiger partial charge in [0.25, 0.3) is 5.97 Å². The Morgan fingerprint density at radius 1 is 1.56 bits per heavy atom. The fraction of sp³-hybridized carbons (Fsp3) is 0.222. The maximum atomic E-state index is 9.00. The van der Waals surface area contributed by atoms with Crippen LogP contribution in [0.1, 0.15) is 17.4 Å². The summed E-state index contributed by atoms with van der Waals surface area (Å²) < 4.78 is 0. The Labute approximate surface area is 97.3 Å². The third-order valence-electron chi connectivity index (χ3n) is 1.25. The Morgan fingerprint density at radius 3 is 2.50 bits per heavy atom. The average molecular weight is 242 g/mol. The Hall–Kier alpha value is -1.89. The zero-order valence-corrected chi connectivity index (χ0v) is 9.86. The molecule has 1 rings (SSSR count). The molecule has 7 heteroatoms. The van der Waals surface area contributed by atoms with E-state index in [4.69, 9.17) is 21.4 Å². The zero-order valence-electron chi connectivity index (χ0n) is 9.04. The van der Waals surface area contributed by atoms with Gasteiger partial charge in [0.15, 0.2) is 0 Å². The van der Waals surface area contributed by atoms with Crippen molar-refractivity contribution in [3.8, 4) is 0 Å².